The Labute approximate surface area is 100 Å². The van der Waals surface area contributed by atoms with Crippen molar-refractivity contribution < 1.29 is 9.84 Å². The summed E-state index contributed by atoms with van der Waals surface area (Å²) in [6, 6.07) is 9.79. The quantitative estimate of drug-likeness (QED) is 0.824. The Morgan fingerprint density at radius 1 is 1.44 bits per heavy atom. The van der Waals surface area contributed by atoms with E-state index < -0.39 is 6.10 Å². The summed E-state index contributed by atoms with van der Waals surface area (Å²) in [5.74, 6) is 2.28. The maximum absolute atomic E-state index is 9.35. The summed E-state index contributed by atoms with van der Waals surface area (Å²) in [6.07, 6.45) is -0.316. The van der Waals surface area contributed by atoms with E-state index in [0.29, 0.717) is 5.75 Å². The van der Waals surface area contributed by atoms with Crippen molar-refractivity contribution in [2.75, 3.05) is 12.9 Å². The fraction of sp³-hybridized carbons (Fsp3) is 0.417. The van der Waals surface area contributed by atoms with Crippen molar-refractivity contribution >= 4 is 11.8 Å². The highest BCUT2D eigenvalue weighted by molar-refractivity contribution is 7.98. The minimum atomic E-state index is -0.520. The molecule has 16 heavy (non-hydrogen) atoms. The van der Waals surface area contributed by atoms with E-state index in [-0.39, 0.29) is 6.42 Å². The lowest BCUT2D eigenvalue weighted by atomic mass is 10.2. The average molecular weight is 237 g/mol. The number of hydrogen-bond donors (Lipinski definition) is 1. The number of rotatable bonds is 6. The van der Waals surface area contributed by atoms with Crippen LogP contribution in [0.15, 0.2) is 24.3 Å². The third kappa shape index (κ3) is 4.56. The Hall–Kier alpha value is -1.18. The molecule has 0 saturated carbocycles. The Bertz CT molecular complexity index is 345. The van der Waals surface area contributed by atoms with Crippen LogP contribution in [0.2, 0.25) is 0 Å². The molecule has 0 radical (unpaired) electrons. The molecule has 0 aliphatic rings. The van der Waals surface area contributed by atoms with Crippen LogP contribution >= 0.6 is 11.8 Å². The van der Waals surface area contributed by atoms with Gasteiger partial charge in [-0.25, -0.2) is 0 Å². The highest BCUT2D eigenvalue weighted by Gasteiger charge is 2.03. The predicted molar refractivity (Wildman–Crippen MR) is 65.4 cm³/mol. The first-order valence-electron chi connectivity index (χ1n) is 5.02. The van der Waals surface area contributed by atoms with Gasteiger partial charge >= 0.3 is 0 Å². The number of aliphatic hydroxyl groups excluding tert-OH is 1. The summed E-state index contributed by atoms with van der Waals surface area (Å²) in [6.45, 7) is 0. The molecule has 4 heteroatoms. The van der Waals surface area contributed by atoms with Crippen LogP contribution in [0.3, 0.4) is 0 Å². The van der Waals surface area contributed by atoms with Crippen LogP contribution in [-0.4, -0.2) is 24.1 Å². The van der Waals surface area contributed by atoms with Crippen LogP contribution in [0.4, 0.5) is 0 Å². The van der Waals surface area contributed by atoms with Gasteiger partial charge in [0, 0.05) is 11.5 Å². The number of benzene rings is 1. The van der Waals surface area contributed by atoms with Gasteiger partial charge < -0.3 is 9.84 Å². The second-order valence-corrected chi connectivity index (χ2v) is 4.41. The lowest BCUT2D eigenvalue weighted by Crippen LogP contribution is -2.08. The van der Waals surface area contributed by atoms with Crippen molar-refractivity contribution in [3.63, 3.8) is 0 Å². The fourth-order valence-corrected chi connectivity index (χ4v) is 2.13. The van der Waals surface area contributed by atoms with Gasteiger partial charge in [-0.2, -0.15) is 17.0 Å². The molecule has 0 aliphatic heterocycles. The van der Waals surface area contributed by atoms with Crippen LogP contribution in [0.25, 0.3) is 0 Å². The lowest BCUT2D eigenvalue weighted by molar-refractivity contribution is 0.205. The molecule has 0 saturated heterocycles. The second kappa shape index (κ2) is 7.15. The number of nitriles is 1. The summed E-state index contributed by atoms with van der Waals surface area (Å²) in [5.41, 5.74) is 1.19. The van der Waals surface area contributed by atoms with Gasteiger partial charge in [-0.05, 0) is 17.7 Å². The van der Waals surface area contributed by atoms with Gasteiger partial charge in [-0.1, -0.05) is 12.1 Å². The van der Waals surface area contributed by atoms with E-state index in [1.54, 1.807) is 18.9 Å². The molecule has 1 rings (SSSR count). The topological polar surface area (TPSA) is 53.2 Å². The molecule has 0 bridgehead atoms. The summed E-state index contributed by atoms with van der Waals surface area (Å²) >= 11 is 1.63. The summed E-state index contributed by atoms with van der Waals surface area (Å²) in [4.78, 5) is 0. The highest BCUT2D eigenvalue weighted by atomic mass is 32.2. The number of nitrogens with zero attached hydrogens (tertiary/aromatic N) is 1. The van der Waals surface area contributed by atoms with E-state index in [1.807, 2.05) is 30.3 Å². The van der Waals surface area contributed by atoms with Crippen molar-refractivity contribution in [1.82, 2.24) is 0 Å². The number of ether oxygens (including phenoxy) is 1. The third-order valence-electron chi connectivity index (χ3n) is 2.06. The number of thioether (sulfide) groups is 1. The van der Waals surface area contributed by atoms with Gasteiger partial charge in [-0.15, -0.1) is 0 Å². The number of aliphatic hydroxyl groups is 1. The molecule has 0 aliphatic carbocycles. The minimum Gasteiger partial charge on any atom is -0.497 e. The van der Waals surface area contributed by atoms with Gasteiger partial charge in [-0.3, -0.25) is 0 Å². The molecule has 0 fully saturated rings. The molecule has 0 heterocycles. The fourth-order valence-electron chi connectivity index (χ4n) is 1.20. The summed E-state index contributed by atoms with van der Waals surface area (Å²) in [7, 11) is 1.64. The lowest BCUT2D eigenvalue weighted by Gasteiger charge is -2.06. The molecular formula is C12H15NO2S. The molecule has 0 amide bonds. The Kier molecular flexibility index (Phi) is 5.76. The molecule has 3 nitrogen and oxygen atoms in total. The zero-order chi connectivity index (χ0) is 11.8. The van der Waals surface area contributed by atoms with Crippen molar-refractivity contribution in [2.24, 2.45) is 0 Å². The first kappa shape index (κ1) is 12.9. The minimum absolute atomic E-state index is 0.204. The standard InChI is InChI=1S/C12H15NO2S/c1-15-12-4-2-10(3-5-12)8-16-9-11(14)6-7-13/h2-5,11,14H,6,8-9H2,1H3/t11-/m1/s1. The van der Waals surface area contributed by atoms with Crippen molar-refractivity contribution in [1.29, 1.82) is 5.26 Å². The summed E-state index contributed by atoms with van der Waals surface area (Å²) in [5, 5.41) is 17.7. The molecule has 0 aromatic heterocycles. The first-order valence-corrected chi connectivity index (χ1v) is 6.17. The highest BCUT2D eigenvalue weighted by Crippen LogP contribution is 2.17. The molecule has 1 aromatic carbocycles. The van der Waals surface area contributed by atoms with E-state index in [4.69, 9.17) is 10.00 Å². The van der Waals surface area contributed by atoms with Crippen molar-refractivity contribution in [3.8, 4) is 11.8 Å². The normalized spacial score (nSPS) is 11.8. The van der Waals surface area contributed by atoms with E-state index >= 15 is 0 Å². The molecule has 86 valence electrons. The predicted octanol–water partition coefficient (Wildman–Crippen LogP) is 2.20. The smallest absolute Gasteiger partial charge is 0.118 e. The molecule has 1 N–H and O–H groups in total. The van der Waals surface area contributed by atoms with Gasteiger partial charge in [0.2, 0.25) is 0 Å². The van der Waals surface area contributed by atoms with Gasteiger partial charge in [0.15, 0.2) is 0 Å². The zero-order valence-corrected chi connectivity index (χ0v) is 10.0. The van der Waals surface area contributed by atoms with E-state index in [9.17, 15) is 5.11 Å². The molecule has 1 aromatic rings. The van der Waals surface area contributed by atoms with Crippen LogP contribution in [0.5, 0.6) is 5.75 Å². The maximum Gasteiger partial charge on any atom is 0.118 e. The molecule has 1 atom stereocenters. The van der Waals surface area contributed by atoms with E-state index in [2.05, 4.69) is 0 Å². The Balaban J connectivity index is 2.29. The van der Waals surface area contributed by atoms with Gasteiger partial charge in [0.1, 0.15) is 5.75 Å². The first-order chi connectivity index (χ1) is 7.76. The maximum atomic E-state index is 9.35. The largest absolute Gasteiger partial charge is 0.497 e. The number of methoxy groups -OCH3 is 1. The van der Waals surface area contributed by atoms with Gasteiger partial charge in [0.05, 0.1) is 25.7 Å². The monoisotopic (exact) mass is 237 g/mol. The molecule has 0 unspecified atom stereocenters. The van der Waals surface area contributed by atoms with Crippen LogP contribution in [0, 0.1) is 11.3 Å². The molecule has 0 spiro atoms. The third-order valence-corrected chi connectivity index (χ3v) is 3.22. The van der Waals surface area contributed by atoms with Crippen molar-refractivity contribution in [2.45, 2.75) is 18.3 Å². The van der Waals surface area contributed by atoms with E-state index in [1.165, 1.54) is 5.56 Å². The Morgan fingerprint density at radius 3 is 2.69 bits per heavy atom. The van der Waals surface area contributed by atoms with Crippen LogP contribution in [0.1, 0.15) is 12.0 Å². The Morgan fingerprint density at radius 2 is 2.12 bits per heavy atom. The second-order valence-electron chi connectivity index (χ2n) is 3.38. The van der Waals surface area contributed by atoms with E-state index in [0.717, 1.165) is 11.5 Å². The van der Waals surface area contributed by atoms with Crippen LogP contribution < -0.4 is 4.74 Å². The number of hydrogen-bond acceptors (Lipinski definition) is 4. The van der Waals surface area contributed by atoms with Gasteiger partial charge in [0.25, 0.3) is 0 Å². The SMILES string of the molecule is COc1ccc(CSC[C@H](O)CC#N)cc1. The molecular weight excluding hydrogens is 222 g/mol. The summed E-state index contributed by atoms with van der Waals surface area (Å²) < 4.78 is 5.06. The zero-order valence-electron chi connectivity index (χ0n) is 9.22. The van der Waals surface area contributed by atoms with Crippen LogP contribution in [-0.2, 0) is 5.75 Å². The average Bonchev–Trinajstić information content (AvgIpc) is 2.30. The van der Waals surface area contributed by atoms with Crippen molar-refractivity contribution in [3.05, 3.63) is 29.8 Å².